The number of aromatic hydroxyl groups is 1. The zero-order valence-corrected chi connectivity index (χ0v) is 8.61. The summed E-state index contributed by atoms with van der Waals surface area (Å²) < 4.78 is 13.2. The van der Waals surface area contributed by atoms with Gasteiger partial charge in [-0.15, -0.1) is 0 Å². The molecule has 1 aromatic rings. The molecule has 0 saturated heterocycles. The third-order valence-electron chi connectivity index (χ3n) is 1.98. The van der Waals surface area contributed by atoms with E-state index in [2.05, 4.69) is 0 Å². The summed E-state index contributed by atoms with van der Waals surface area (Å²) in [5.41, 5.74) is 4.04. The fraction of sp³-hybridized carbons (Fsp3) is 0.250. The summed E-state index contributed by atoms with van der Waals surface area (Å²) in [5.74, 6) is -2.26. The van der Waals surface area contributed by atoms with Crippen LogP contribution in [0, 0.1) is 15.9 Å². The molecular formula is C8H8ClFN2O4. The molecule has 0 amide bonds. The first kappa shape index (κ1) is 12.6. The van der Waals surface area contributed by atoms with Crippen LogP contribution in [-0.2, 0) is 0 Å². The second-order valence-corrected chi connectivity index (χ2v) is 3.41. The minimum atomic E-state index is -1.34. The average molecular weight is 251 g/mol. The highest BCUT2D eigenvalue weighted by Gasteiger charge is 2.28. The molecule has 0 heterocycles. The minimum Gasteiger partial charge on any atom is -0.502 e. The lowest BCUT2D eigenvalue weighted by molar-refractivity contribution is -0.388. The second kappa shape index (κ2) is 4.60. The number of hydrogen-bond acceptors (Lipinski definition) is 5. The highest BCUT2D eigenvalue weighted by molar-refractivity contribution is 6.31. The number of nitro groups is 1. The summed E-state index contributed by atoms with van der Waals surface area (Å²) in [4.78, 5) is 9.39. The van der Waals surface area contributed by atoms with Crippen LogP contribution in [0.1, 0.15) is 11.6 Å². The Morgan fingerprint density at radius 2 is 2.25 bits per heavy atom. The van der Waals surface area contributed by atoms with Crippen LogP contribution in [0.25, 0.3) is 0 Å². The third kappa shape index (κ3) is 2.06. The molecule has 88 valence electrons. The van der Waals surface area contributed by atoms with Crippen molar-refractivity contribution in [3.05, 3.63) is 32.6 Å². The zero-order chi connectivity index (χ0) is 12.5. The molecule has 0 aromatic heterocycles. The second-order valence-electron chi connectivity index (χ2n) is 3.00. The van der Waals surface area contributed by atoms with Crippen molar-refractivity contribution in [2.75, 3.05) is 6.61 Å². The van der Waals surface area contributed by atoms with Crippen molar-refractivity contribution in [1.82, 2.24) is 0 Å². The van der Waals surface area contributed by atoms with E-state index in [1.54, 1.807) is 0 Å². The molecule has 1 aromatic carbocycles. The summed E-state index contributed by atoms with van der Waals surface area (Å²) in [6, 6.07) is -0.128. The van der Waals surface area contributed by atoms with Gasteiger partial charge in [-0.05, 0) is 6.07 Å². The predicted molar refractivity (Wildman–Crippen MR) is 53.7 cm³/mol. The fourth-order valence-electron chi connectivity index (χ4n) is 1.17. The maximum Gasteiger partial charge on any atom is 0.347 e. The van der Waals surface area contributed by atoms with E-state index < -0.39 is 39.8 Å². The van der Waals surface area contributed by atoms with Crippen LogP contribution in [-0.4, -0.2) is 21.7 Å². The maximum absolute atomic E-state index is 13.2. The van der Waals surface area contributed by atoms with E-state index in [4.69, 9.17) is 22.4 Å². The molecule has 0 aliphatic carbocycles. The van der Waals surface area contributed by atoms with Crippen molar-refractivity contribution < 1.29 is 19.5 Å². The Kier molecular flexibility index (Phi) is 3.63. The van der Waals surface area contributed by atoms with Crippen LogP contribution < -0.4 is 5.73 Å². The summed E-state index contributed by atoms with van der Waals surface area (Å²) in [6.07, 6.45) is 0. The Morgan fingerprint density at radius 1 is 1.69 bits per heavy atom. The number of nitrogens with zero attached hydrogens (tertiary/aromatic N) is 1. The van der Waals surface area contributed by atoms with Gasteiger partial charge in [-0.25, -0.2) is 0 Å². The number of hydrogen-bond donors (Lipinski definition) is 3. The first-order chi connectivity index (χ1) is 7.40. The van der Waals surface area contributed by atoms with Gasteiger partial charge in [0.15, 0.2) is 0 Å². The van der Waals surface area contributed by atoms with E-state index in [9.17, 15) is 19.6 Å². The van der Waals surface area contributed by atoms with E-state index in [1.807, 2.05) is 0 Å². The van der Waals surface area contributed by atoms with Crippen molar-refractivity contribution in [3.63, 3.8) is 0 Å². The number of aliphatic hydroxyl groups excluding tert-OH is 1. The molecule has 0 saturated carbocycles. The van der Waals surface area contributed by atoms with Crippen LogP contribution >= 0.6 is 11.6 Å². The summed E-state index contributed by atoms with van der Waals surface area (Å²) in [6.45, 7) is -0.563. The van der Waals surface area contributed by atoms with Gasteiger partial charge in [0.2, 0.25) is 11.6 Å². The Balaban J connectivity index is 3.50. The number of nitro benzene ring substituents is 1. The van der Waals surface area contributed by atoms with Gasteiger partial charge in [0.1, 0.15) is 0 Å². The number of phenols is 1. The molecular weight excluding hydrogens is 243 g/mol. The monoisotopic (exact) mass is 250 g/mol. The van der Waals surface area contributed by atoms with Gasteiger partial charge in [-0.2, -0.15) is 4.39 Å². The lowest BCUT2D eigenvalue weighted by atomic mass is 10.1. The largest absolute Gasteiger partial charge is 0.502 e. The topological polar surface area (TPSA) is 110 Å². The van der Waals surface area contributed by atoms with Crippen LogP contribution in [0.3, 0.4) is 0 Å². The van der Waals surface area contributed by atoms with Crippen LogP contribution in [0.15, 0.2) is 6.07 Å². The molecule has 0 aliphatic heterocycles. The quantitative estimate of drug-likeness (QED) is 0.549. The van der Waals surface area contributed by atoms with E-state index >= 15 is 0 Å². The van der Waals surface area contributed by atoms with Gasteiger partial charge in [-0.1, -0.05) is 11.6 Å². The Bertz CT molecular complexity index is 441. The van der Waals surface area contributed by atoms with E-state index in [-0.39, 0.29) is 5.56 Å². The Labute approximate surface area is 94.2 Å². The number of aliphatic hydroxyl groups is 1. The maximum atomic E-state index is 13.2. The summed E-state index contributed by atoms with van der Waals surface area (Å²) >= 11 is 5.41. The van der Waals surface area contributed by atoms with Crippen LogP contribution in [0.4, 0.5) is 10.1 Å². The summed E-state index contributed by atoms with van der Waals surface area (Å²) in [7, 11) is 0. The summed E-state index contributed by atoms with van der Waals surface area (Å²) in [5, 5.41) is 28.2. The Hall–Kier alpha value is -1.44. The fourth-order valence-corrected chi connectivity index (χ4v) is 1.38. The van der Waals surface area contributed by atoms with Gasteiger partial charge in [0.05, 0.1) is 22.6 Å². The number of nitrogens with two attached hydrogens (primary N) is 1. The smallest absolute Gasteiger partial charge is 0.347 e. The van der Waals surface area contributed by atoms with Gasteiger partial charge in [0.25, 0.3) is 0 Å². The molecule has 0 spiro atoms. The minimum absolute atomic E-state index is 0.180. The van der Waals surface area contributed by atoms with Crippen molar-refractivity contribution >= 4 is 17.3 Å². The van der Waals surface area contributed by atoms with Crippen LogP contribution in [0.5, 0.6) is 5.75 Å². The molecule has 6 nitrogen and oxygen atoms in total. The molecule has 0 radical (unpaired) electrons. The first-order valence-electron chi connectivity index (χ1n) is 4.11. The van der Waals surface area contributed by atoms with Crippen molar-refractivity contribution in [1.29, 1.82) is 0 Å². The standard InChI is InChI=1S/C8H8ClFN2O4/c9-4-1-3(5(11)2-13)8(14)7(6(4)10)12(15)16/h1,5,13-14H,2,11H2/t5-/m1/s1. The first-order valence-corrected chi connectivity index (χ1v) is 4.49. The van der Waals surface area contributed by atoms with Gasteiger partial charge in [0, 0.05) is 5.56 Å². The molecule has 0 fully saturated rings. The van der Waals surface area contributed by atoms with Crippen molar-refractivity contribution in [3.8, 4) is 5.75 Å². The van der Waals surface area contributed by atoms with Gasteiger partial charge in [-0.3, -0.25) is 10.1 Å². The molecule has 8 heteroatoms. The zero-order valence-electron chi connectivity index (χ0n) is 7.85. The molecule has 0 bridgehead atoms. The number of halogens is 2. The molecule has 1 rings (SSSR count). The number of benzene rings is 1. The van der Waals surface area contributed by atoms with E-state index in [0.29, 0.717) is 0 Å². The molecule has 0 unspecified atom stereocenters. The van der Waals surface area contributed by atoms with Gasteiger partial charge < -0.3 is 15.9 Å². The molecule has 4 N–H and O–H groups in total. The molecule has 0 aliphatic rings. The Morgan fingerprint density at radius 3 is 2.69 bits per heavy atom. The normalized spacial score (nSPS) is 12.5. The third-order valence-corrected chi connectivity index (χ3v) is 2.25. The number of rotatable bonds is 3. The molecule has 1 atom stereocenters. The highest BCUT2D eigenvalue weighted by atomic mass is 35.5. The van der Waals surface area contributed by atoms with Crippen molar-refractivity contribution in [2.45, 2.75) is 6.04 Å². The highest BCUT2D eigenvalue weighted by Crippen LogP contribution is 2.38. The average Bonchev–Trinajstić information content (AvgIpc) is 2.22. The van der Waals surface area contributed by atoms with E-state index in [1.165, 1.54) is 0 Å². The lowest BCUT2D eigenvalue weighted by Crippen LogP contribution is -2.15. The predicted octanol–water partition coefficient (Wildman–Crippen LogP) is 1.08. The van der Waals surface area contributed by atoms with Crippen LogP contribution in [0.2, 0.25) is 5.02 Å². The van der Waals surface area contributed by atoms with E-state index in [0.717, 1.165) is 6.07 Å². The number of phenolic OH excluding ortho intramolecular Hbond substituents is 1. The molecule has 16 heavy (non-hydrogen) atoms. The lowest BCUT2D eigenvalue weighted by Gasteiger charge is -2.11. The SMILES string of the molecule is N[C@H](CO)c1cc(Cl)c(F)c([N+](=O)[O-])c1O. The van der Waals surface area contributed by atoms with Crippen molar-refractivity contribution in [2.24, 2.45) is 5.73 Å². The van der Waals surface area contributed by atoms with Gasteiger partial charge >= 0.3 is 5.69 Å².